The van der Waals surface area contributed by atoms with Crippen molar-refractivity contribution in [3.8, 4) is 0 Å². The molecule has 1 aromatic carbocycles. The Morgan fingerprint density at radius 3 is 2.64 bits per heavy atom. The second kappa shape index (κ2) is 8.34. The third-order valence-electron chi connectivity index (χ3n) is 4.93. The van der Waals surface area contributed by atoms with E-state index >= 15 is 0 Å². The number of hydrogen-bond acceptors (Lipinski definition) is 4. The molecule has 1 saturated heterocycles. The van der Waals surface area contributed by atoms with Crippen LogP contribution in [-0.2, 0) is 16.1 Å². The minimum Gasteiger partial charge on any atom is -0.445 e. The predicted molar refractivity (Wildman–Crippen MR) is 94.7 cm³/mol. The number of hydrogen-bond donors (Lipinski definition) is 1. The van der Waals surface area contributed by atoms with E-state index in [1.165, 1.54) is 0 Å². The van der Waals surface area contributed by atoms with Crippen LogP contribution < -0.4 is 5.73 Å². The van der Waals surface area contributed by atoms with Gasteiger partial charge in [-0.05, 0) is 37.2 Å². The number of nitrogens with two attached hydrogens (primary N) is 1. The van der Waals surface area contributed by atoms with Gasteiger partial charge < -0.3 is 20.3 Å². The molecule has 25 heavy (non-hydrogen) atoms. The smallest absolute Gasteiger partial charge is 0.410 e. The van der Waals surface area contributed by atoms with E-state index in [2.05, 4.69) is 0 Å². The van der Waals surface area contributed by atoms with Gasteiger partial charge in [-0.2, -0.15) is 0 Å². The SMILES string of the molecule is NCC(=O)N1CCC[C@@H](CN(C(=O)OCc2ccccc2)C2CC2)C1. The van der Waals surface area contributed by atoms with Gasteiger partial charge in [-0.1, -0.05) is 30.3 Å². The number of benzene rings is 1. The minimum atomic E-state index is -0.242. The number of piperidine rings is 1. The Bertz CT molecular complexity index is 589. The summed E-state index contributed by atoms with van der Waals surface area (Å²) in [6.45, 7) is 2.47. The molecule has 0 aromatic heterocycles. The summed E-state index contributed by atoms with van der Waals surface area (Å²) in [5.41, 5.74) is 6.46. The second-order valence-corrected chi connectivity index (χ2v) is 6.98. The number of ether oxygens (including phenoxy) is 1. The van der Waals surface area contributed by atoms with E-state index < -0.39 is 0 Å². The molecule has 1 heterocycles. The summed E-state index contributed by atoms with van der Waals surface area (Å²) in [6.07, 6.45) is 3.84. The molecule has 2 amide bonds. The Morgan fingerprint density at radius 1 is 1.20 bits per heavy atom. The quantitative estimate of drug-likeness (QED) is 0.855. The Balaban J connectivity index is 1.54. The molecule has 6 nitrogen and oxygen atoms in total. The van der Waals surface area contributed by atoms with Gasteiger partial charge in [-0.3, -0.25) is 4.79 Å². The van der Waals surface area contributed by atoms with Crippen LogP contribution in [0.3, 0.4) is 0 Å². The van der Waals surface area contributed by atoms with Gasteiger partial charge in [-0.25, -0.2) is 4.79 Å². The first-order valence-corrected chi connectivity index (χ1v) is 9.12. The summed E-state index contributed by atoms with van der Waals surface area (Å²) in [7, 11) is 0. The first kappa shape index (κ1) is 17.7. The van der Waals surface area contributed by atoms with Crippen molar-refractivity contribution in [3.05, 3.63) is 35.9 Å². The Morgan fingerprint density at radius 2 is 1.96 bits per heavy atom. The van der Waals surface area contributed by atoms with Crippen molar-refractivity contribution in [1.82, 2.24) is 9.80 Å². The first-order valence-electron chi connectivity index (χ1n) is 9.12. The molecule has 1 aliphatic carbocycles. The number of amides is 2. The molecule has 0 radical (unpaired) electrons. The maximum absolute atomic E-state index is 12.5. The molecule has 0 unspecified atom stereocenters. The maximum atomic E-state index is 12.5. The van der Waals surface area contributed by atoms with Crippen LogP contribution in [0.4, 0.5) is 4.79 Å². The second-order valence-electron chi connectivity index (χ2n) is 6.98. The summed E-state index contributed by atoms with van der Waals surface area (Å²) in [5, 5.41) is 0. The summed E-state index contributed by atoms with van der Waals surface area (Å²) in [5.74, 6) is 0.295. The highest BCUT2D eigenvalue weighted by Gasteiger charge is 2.36. The van der Waals surface area contributed by atoms with E-state index in [1.54, 1.807) is 0 Å². The van der Waals surface area contributed by atoms with Crippen molar-refractivity contribution in [2.75, 3.05) is 26.2 Å². The van der Waals surface area contributed by atoms with Crippen LogP contribution in [0.2, 0.25) is 0 Å². The predicted octanol–water partition coefficient (Wildman–Crippen LogP) is 1.98. The van der Waals surface area contributed by atoms with E-state index in [0.717, 1.165) is 37.8 Å². The lowest BCUT2D eigenvalue weighted by Gasteiger charge is -2.35. The van der Waals surface area contributed by atoms with E-state index in [9.17, 15) is 9.59 Å². The van der Waals surface area contributed by atoms with Gasteiger partial charge in [0.05, 0.1) is 6.54 Å². The van der Waals surface area contributed by atoms with Gasteiger partial charge >= 0.3 is 6.09 Å². The molecule has 1 aliphatic heterocycles. The molecule has 3 rings (SSSR count). The molecule has 1 atom stereocenters. The van der Waals surface area contributed by atoms with Gasteiger partial charge in [0, 0.05) is 25.7 Å². The molecule has 2 N–H and O–H groups in total. The highest BCUT2D eigenvalue weighted by molar-refractivity contribution is 5.78. The van der Waals surface area contributed by atoms with Crippen molar-refractivity contribution in [3.63, 3.8) is 0 Å². The number of nitrogens with zero attached hydrogens (tertiary/aromatic N) is 2. The van der Waals surface area contributed by atoms with Crippen molar-refractivity contribution in [2.24, 2.45) is 11.7 Å². The summed E-state index contributed by atoms with van der Waals surface area (Å²) < 4.78 is 5.51. The van der Waals surface area contributed by atoms with Crippen LogP contribution in [-0.4, -0.2) is 54.0 Å². The molecule has 2 aliphatic rings. The van der Waals surface area contributed by atoms with Gasteiger partial charge in [0.15, 0.2) is 0 Å². The van der Waals surface area contributed by atoms with Gasteiger partial charge in [0.25, 0.3) is 0 Å². The molecule has 1 aromatic rings. The Kier molecular flexibility index (Phi) is 5.91. The van der Waals surface area contributed by atoms with E-state index in [1.807, 2.05) is 40.1 Å². The van der Waals surface area contributed by atoms with Crippen LogP contribution in [0.15, 0.2) is 30.3 Å². The van der Waals surface area contributed by atoms with Crippen LogP contribution in [0.1, 0.15) is 31.2 Å². The summed E-state index contributed by atoms with van der Waals surface area (Å²) >= 11 is 0. The number of rotatable bonds is 6. The number of carbonyl (C=O) groups is 2. The zero-order chi connectivity index (χ0) is 17.6. The standard InChI is InChI=1S/C19H27N3O3/c20-11-18(23)21-10-4-7-16(12-21)13-22(17-8-9-17)19(24)25-14-15-5-2-1-3-6-15/h1-3,5-6,16-17H,4,7-14,20H2/t16-/m1/s1. The van der Waals surface area contributed by atoms with E-state index in [-0.39, 0.29) is 18.5 Å². The average molecular weight is 345 g/mol. The fourth-order valence-electron chi connectivity index (χ4n) is 3.41. The summed E-state index contributed by atoms with van der Waals surface area (Å²) in [4.78, 5) is 28.1. The van der Waals surface area contributed by atoms with Gasteiger partial charge in [0.1, 0.15) is 6.61 Å². The van der Waals surface area contributed by atoms with Crippen molar-refractivity contribution >= 4 is 12.0 Å². The van der Waals surface area contributed by atoms with E-state index in [0.29, 0.717) is 31.7 Å². The van der Waals surface area contributed by atoms with Crippen LogP contribution in [0.5, 0.6) is 0 Å². The van der Waals surface area contributed by atoms with Crippen molar-refractivity contribution in [2.45, 2.75) is 38.3 Å². The highest BCUT2D eigenvalue weighted by Crippen LogP contribution is 2.30. The van der Waals surface area contributed by atoms with Gasteiger partial charge in [0.2, 0.25) is 5.91 Å². The molecular weight excluding hydrogens is 318 g/mol. The zero-order valence-corrected chi connectivity index (χ0v) is 14.6. The molecule has 0 bridgehead atoms. The number of likely N-dealkylation sites (tertiary alicyclic amines) is 1. The lowest BCUT2D eigenvalue weighted by molar-refractivity contribution is -0.131. The highest BCUT2D eigenvalue weighted by atomic mass is 16.6. The van der Waals surface area contributed by atoms with Crippen LogP contribution >= 0.6 is 0 Å². The van der Waals surface area contributed by atoms with Crippen LogP contribution in [0, 0.1) is 5.92 Å². The average Bonchev–Trinajstić information content (AvgIpc) is 3.49. The topological polar surface area (TPSA) is 75.9 Å². The number of carbonyl (C=O) groups excluding carboxylic acids is 2. The summed E-state index contributed by atoms with van der Waals surface area (Å²) in [6, 6.07) is 10.0. The van der Waals surface area contributed by atoms with Gasteiger partial charge in [-0.15, -0.1) is 0 Å². The van der Waals surface area contributed by atoms with Crippen LogP contribution in [0.25, 0.3) is 0 Å². The fourth-order valence-corrected chi connectivity index (χ4v) is 3.41. The lowest BCUT2D eigenvalue weighted by atomic mass is 9.97. The molecule has 2 fully saturated rings. The van der Waals surface area contributed by atoms with Crippen molar-refractivity contribution < 1.29 is 14.3 Å². The third-order valence-corrected chi connectivity index (χ3v) is 4.93. The van der Waals surface area contributed by atoms with Crippen molar-refractivity contribution in [1.29, 1.82) is 0 Å². The molecule has 1 saturated carbocycles. The Hall–Kier alpha value is -2.08. The Labute approximate surface area is 148 Å². The zero-order valence-electron chi connectivity index (χ0n) is 14.6. The first-order chi connectivity index (χ1) is 12.2. The van der Waals surface area contributed by atoms with E-state index in [4.69, 9.17) is 10.5 Å². The monoisotopic (exact) mass is 345 g/mol. The lowest BCUT2D eigenvalue weighted by Crippen LogP contribution is -2.47. The largest absolute Gasteiger partial charge is 0.445 e. The molecular formula is C19H27N3O3. The molecule has 136 valence electrons. The fraction of sp³-hybridized carbons (Fsp3) is 0.579. The molecule has 0 spiro atoms. The minimum absolute atomic E-state index is 0.00525. The maximum Gasteiger partial charge on any atom is 0.410 e. The third kappa shape index (κ3) is 4.95. The molecule has 6 heteroatoms. The normalized spacial score (nSPS) is 20.2.